The minimum Gasteiger partial charge on any atom is -0.508 e. The number of para-hydroxylation sites is 1. The van der Waals surface area contributed by atoms with Gasteiger partial charge in [-0.05, 0) is 30.2 Å². The molecule has 0 saturated carbocycles. The third-order valence-electron chi connectivity index (χ3n) is 2.21. The van der Waals surface area contributed by atoms with Gasteiger partial charge in [-0.15, -0.1) is 0 Å². The largest absolute Gasteiger partial charge is 0.508 e. The van der Waals surface area contributed by atoms with Gasteiger partial charge >= 0.3 is 0 Å². The Morgan fingerprint density at radius 2 is 1.86 bits per heavy atom. The second-order valence-corrected chi connectivity index (χ2v) is 3.21. The number of hydrogen-bond acceptors (Lipinski definition) is 2. The van der Waals surface area contributed by atoms with Gasteiger partial charge in [-0.2, -0.15) is 0 Å². The van der Waals surface area contributed by atoms with E-state index in [0.717, 1.165) is 24.2 Å². The van der Waals surface area contributed by atoms with Gasteiger partial charge in [-0.3, -0.25) is 0 Å². The first-order chi connectivity index (χ1) is 6.86. The number of phenols is 1. The molecule has 0 aliphatic carbocycles. The molecule has 2 heteroatoms. The summed E-state index contributed by atoms with van der Waals surface area (Å²) in [5, 5.41) is 9.51. The fraction of sp³-hybridized carbons (Fsp3) is 0.167. The van der Waals surface area contributed by atoms with Crippen LogP contribution in [0.3, 0.4) is 0 Å². The molecule has 0 aliphatic rings. The van der Waals surface area contributed by atoms with Crippen molar-refractivity contribution in [2.75, 3.05) is 0 Å². The molecule has 0 amide bonds. The molecule has 0 aliphatic heterocycles. The number of rotatable bonds is 3. The highest BCUT2D eigenvalue weighted by molar-refractivity contribution is 5.32. The predicted molar refractivity (Wildman–Crippen MR) is 54.2 cm³/mol. The van der Waals surface area contributed by atoms with E-state index in [0.29, 0.717) is 5.75 Å². The number of furan rings is 1. The van der Waals surface area contributed by atoms with Crippen molar-refractivity contribution in [2.24, 2.45) is 0 Å². The maximum Gasteiger partial charge on any atom is 0.118 e. The van der Waals surface area contributed by atoms with Crippen molar-refractivity contribution in [3.8, 4) is 5.75 Å². The third kappa shape index (κ3) is 1.96. The van der Waals surface area contributed by atoms with Crippen LogP contribution in [0.15, 0.2) is 47.1 Å². The summed E-state index contributed by atoms with van der Waals surface area (Å²) in [5.74, 6) is 1.31. The standard InChI is InChI=1S/C12H12O2/c13-12-6-2-1-4-10(12)7-8-11-5-3-9-14-11/h1-6,9,13H,7-8H2. The van der Waals surface area contributed by atoms with Crippen LogP contribution in [0.2, 0.25) is 0 Å². The zero-order valence-electron chi connectivity index (χ0n) is 7.81. The smallest absolute Gasteiger partial charge is 0.118 e. The fourth-order valence-electron chi connectivity index (χ4n) is 1.43. The van der Waals surface area contributed by atoms with Gasteiger partial charge in [-0.25, -0.2) is 0 Å². The maximum atomic E-state index is 9.51. The van der Waals surface area contributed by atoms with Crippen molar-refractivity contribution >= 4 is 0 Å². The highest BCUT2D eigenvalue weighted by Gasteiger charge is 2.01. The molecule has 0 radical (unpaired) electrons. The summed E-state index contributed by atoms with van der Waals surface area (Å²) >= 11 is 0. The lowest BCUT2D eigenvalue weighted by Gasteiger charge is -2.01. The van der Waals surface area contributed by atoms with Gasteiger partial charge in [0.25, 0.3) is 0 Å². The van der Waals surface area contributed by atoms with E-state index in [9.17, 15) is 5.11 Å². The van der Waals surface area contributed by atoms with Crippen molar-refractivity contribution < 1.29 is 9.52 Å². The maximum absolute atomic E-state index is 9.51. The molecule has 0 atom stereocenters. The van der Waals surface area contributed by atoms with Gasteiger partial charge in [0.1, 0.15) is 11.5 Å². The number of aromatic hydroxyl groups is 1. The monoisotopic (exact) mass is 188 g/mol. The van der Waals surface area contributed by atoms with E-state index in [2.05, 4.69) is 0 Å². The van der Waals surface area contributed by atoms with Crippen molar-refractivity contribution in [1.82, 2.24) is 0 Å². The summed E-state index contributed by atoms with van der Waals surface area (Å²) in [4.78, 5) is 0. The van der Waals surface area contributed by atoms with Crippen LogP contribution in [0.1, 0.15) is 11.3 Å². The van der Waals surface area contributed by atoms with Crippen molar-refractivity contribution in [1.29, 1.82) is 0 Å². The molecule has 1 aromatic carbocycles. The third-order valence-corrected chi connectivity index (χ3v) is 2.21. The Bertz CT molecular complexity index is 390. The number of benzene rings is 1. The Labute approximate surface area is 82.8 Å². The van der Waals surface area contributed by atoms with Crippen LogP contribution in [0.4, 0.5) is 0 Å². The minimum absolute atomic E-state index is 0.360. The minimum atomic E-state index is 0.360. The summed E-state index contributed by atoms with van der Waals surface area (Å²) in [5.41, 5.74) is 0.962. The molecule has 14 heavy (non-hydrogen) atoms. The molecule has 72 valence electrons. The second kappa shape index (κ2) is 4.01. The molecular weight excluding hydrogens is 176 g/mol. The molecule has 0 saturated heterocycles. The number of hydrogen-bond donors (Lipinski definition) is 1. The molecule has 1 N–H and O–H groups in total. The summed E-state index contributed by atoms with van der Waals surface area (Å²) in [6.45, 7) is 0. The van der Waals surface area contributed by atoms with E-state index in [1.807, 2.05) is 30.3 Å². The second-order valence-electron chi connectivity index (χ2n) is 3.21. The summed E-state index contributed by atoms with van der Waals surface area (Å²) in [6, 6.07) is 11.2. The van der Waals surface area contributed by atoms with Crippen LogP contribution in [-0.4, -0.2) is 5.11 Å². The molecule has 2 nitrogen and oxygen atoms in total. The average Bonchev–Trinajstić information content (AvgIpc) is 2.69. The van der Waals surface area contributed by atoms with Crippen molar-refractivity contribution in [3.63, 3.8) is 0 Å². The van der Waals surface area contributed by atoms with E-state index < -0.39 is 0 Å². The van der Waals surface area contributed by atoms with Crippen LogP contribution < -0.4 is 0 Å². The lowest BCUT2D eigenvalue weighted by molar-refractivity contribution is 0.464. The average molecular weight is 188 g/mol. The highest BCUT2D eigenvalue weighted by atomic mass is 16.3. The molecule has 1 heterocycles. The molecule has 2 aromatic rings. The van der Waals surface area contributed by atoms with Gasteiger partial charge < -0.3 is 9.52 Å². The first kappa shape index (κ1) is 8.88. The SMILES string of the molecule is Oc1ccccc1CCc1ccco1. The van der Waals surface area contributed by atoms with E-state index >= 15 is 0 Å². The van der Waals surface area contributed by atoms with Crippen molar-refractivity contribution in [3.05, 3.63) is 54.0 Å². The van der Waals surface area contributed by atoms with Crippen LogP contribution in [0, 0.1) is 0 Å². The van der Waals surface area contributed by atoms with Crippen LogP contribution in [-0.2, 0) is 12.8 Å². The molecule has 0 spiro atoms. The molecule has 1 aromatic heterocycles. The molecular formula is C12H12O2. The molecule has 2 rings (SSSR count). The van der Waals surface area contributed by atoms with Crippen LogP contribution >= 0.6 is 0 Å². The van der Waals surface area contributed by atoms with Gasteiger partial charge in [0.15, 0.2) is 0 Å². The van der Waals surface area contributed by atoms with Gasteiger partial charge in [0, 0.05) is 6.42 Å². The predicted octanol–water partition coefficient (Wildman–Crippen LogP) is 2.77. The molecule has 0 bridgehead atoms. The van der Waals surface area contributed by atoms with Crippen molar-refractivity contribution in [2.45, 2.75) is 12.8 Å². The summed E-state index contributed by atoms with van der Waals surface area (Å²) in [6.07, 6.45) is 3.30. The van der Waals surface area contributed by atoms with Crippen LogP contribution in [0.5, 0.6) is 5.75 Å². The zero-order chi connectivity index (χ0) is 9.80. The Morgan fingerprint density at radius 1 is 1.00 bits per heavy atom. The van der Waals surface area contributed by atoms with E-state index in [1.54, 1.807) is 12.3 Å². The molecule has 0 fully saturated rings. The lowest BCUT2D eigenvalue weighted by atomic mass is 10.1. The summed E-state index contributed by atoms with van der Waals surface area (Å²) in [7, 11) is 0. The van der Waals surface area contributed by atoms with E-state index in [1.165, 1.54) is 0 Å². The Hall–Kier alpha value is -1.70. The van der Waals surface area contributed by atoms with E-state index in [-0.39, 0.29) is 0 Å². The summed E-state index contributed by atoms with van der Waals surface area (Å²) < 4.78 is 5.21. The normalized spacial score (nSPS) is 10.3. The number of aryl methyl sites for hydroxylation is 2. The Balaban J connectivity index is 2.02. The van der Waals surface area contributed by atoms with Gasteiger partial charge in [-0.1, -0.05) is 18.2 Å². The first-order valence-corrected chi connectivity index (χ1v) is 4.65. The zero-order valence-corrected chi connectivity index (χ0v) is 7.81. The highest BCUT2D eigenvalue weighted by Crippen LogP contribution is 2.17. The quantitative estimate of drug-likeness (QED) is 0.803. The van der Waals surface area contributed by atoms with E-state index in [4.69, 9.17) is 4.42 Å². The van der Waals surface area contributed by atoms with Crippen LogP contribution in [0.25, 0.3) is 0 Å². The molecule has 0 unspecified atom stereocenters. The Morgan fingerprint density at radius 3 is 2.57 bits per heavy atom. The Kier molecular flexibility index (Phi) is 2.54. The topological polar surface area (TPSA) is 33.4 Å². The number of phenolic OH excluding ortho intramolecular Hbond substituents is 1. The van der Waals surface area contributed by atoms with Gasteiger partial charge in [0.2, 0.25) is 0 Å². The first-order valence-electron chi connectivity index (χ1n) is 4.65. The fourth-order valence-corrected chi connectivity index (χ4v) is 1.43. The lowest BCUT2D eigenvalue weighted by Crippen LogP contribution is -1.89. The van der Waals surface area contributed by atoms with Gasteiger partial charge in [0.05, 0.1) is 6.26 Å².